The van der Waals surface area contributed by atoms with E-state index in [2.05, 4.69) is 5.32 Å². The molecule has 1 aromatic rings. The fourth-order valence-corrected chi connectivity index (χ4v) is 1.26. The van der Waals surface area contributed by atoms with Crippen LogP contribution >= 0.6 is 0 Å². The standard InChI is InChI=1S/C10H14N2O4/c1-2-12-5-3-4-7(12)9(14)11-6-8(13)10(15)16/h3-5,8,13H,2,6H2,1H3,(H,11,14)(H,15,16)/t8-/m0/s1. The molecular weight excluding hydrogens is 212 g/mol. The van der Waals surface area contributed by atoms with Crippen LogP contribution in [0.2, 0.25) is 0 Å². The van der Waals surface area contributed by atoms with Gasteiger partial charge in [-0.1, -0.05) is 0 Å². The number of aliphatic carboxylic acids is 1. The molecule has 0 bridgehead atoms. The van der Waals surface area contributed by atoms with Gasteiger partial charge in [0.15, 0.2) is 6.10 Å². The molecule has 0 aliphatic heterocycles. The van der Waals surface area contributed by atoms with E-state index in [1.165, 1.54) is 0 Å². The van der Waals surface area contributed by atoms with Crippen molar-refractivity contribution in [2.75, 3.05) is 6.54 Å². The van der Waals surface area contributed by atoms with Gasteiger partial charge in [0.1, 0.15) is 5.69 Å². The average molecular weight is 226 g/mol. The lowest BCUT2D eigenvalue weighted by Crippen LogP contribution is -2.37. The van der Waals surface area contributed by atoms with Gasteiger partial charge in [-0.15, -0.1) is 0 Å². The van der Waals surface area contributed by atoms with Crippen LogP contribution in [0.1, 0.15) is 17.4 Å². The van der Waals surface area contributed by atoms with Crippen LogP contribution in [0.5, 0.6) is 0 Å². The summed E-state index contributed by atoms with van der Waals surface area (Å²) in [4.78, 5) is 21.9. The quantitative estimate of drug-likeness (QED) is 0.641. The van der Waals surface area contributed by atoms with E-state index in [-0.39, 0.29) is 6.54 Å². The maximum atomic E-state index is 11.6. The number of nitrogens with one attached hydrogen (secondary N) is 1. The molecule has 1 heterocycles. The van der Waals surface area contributed by atoms with E-state index in [4.69, 9.17) is 10.2 Å². The van der Waals surface area contributed by atoms with Crippen LogP contribution in [0, 0.1) is 0 Å². The highest BCUT2D eigenvalue weighted by Crippen LogP contribution is 2.01. The summed E-state index contributed by atoms with van der Waals surface area (Å²) < 4.78 is 1.72. The third-order valence-corrected chi connectivity index (χ3v) is 2.14. The number of hydrogen-bond donors (Lipinski definition) is 3. The number of carboxylic acid groups (broad SMARTS) is 1. The van der Waals surface area contributed by atoms with Gasteiger partial charge < -0.3 is 20.1 Å². The molecule has 1 amide bonds. The van der Waals surface area contributed by atoms with Crippen molar-refractivity contribution in [3.63, 3.8) is 0 Å². The van der Waals surface area contributed by atoms with Gasteiger partial charge in [-0.05, 0) is 19.1 Å². The first-order valence-electron chi connectivity index (χ1n) is 4.90. The Balaban J connectivity index is 2.56. The van der Waals surface area contributed by atoms with Gasteiger partial charge in [0.25, 0.3) is 5.91 Å². The monoisotopic (exact) mass is 226 g/mol. The van der Waals surface area contributed by atoms with Gasteiger partial charge in [-0.2, -0.15) is 0 Å². The second kappa shape index (κ2) is 5.32. The maximum Gasteiger partial charge on any atom is 0.334 e. The topological polar surface area (TPSA) is 91.6 Å². The summed E-state index contributed by atoms with van der Waals surface area (Å²) in [6, 6.07) is 3.36. The van der Waals surface area contributed by atoms with E-state index >= 15 is 0 Å². The van der Waals surface area contributed by atoms with E-state index < -0.39 is 18.0 Å². The highest BCUT2D eigenvalue weighted by Gasteiger charge is 2.16. The number of rotatable bonds is 5. The molecule has 88 valence electrons. The van der Waals surface area contributed by atoms with Crippen LogP contribution in [0.3, 0.4) is 0 Å². The molecule has 0 saturated heterocycles. The van der Waals surface area contributed by atoms with Gasteiger partial charge >= 0.3 is 5.97 Å². The Morgan fingerprint density at radius 2 is 2.25 bits per heavy atom. The summed E-state index contributed by atoms with van der Waals surface area (Å²) in [7, 11) is 0. The number of aliphatic hydroxyl groups excluding tert-OH is 1. The summed E-state index contributed by atoms with van der Waals surface area (Å²) in [5.41, 5.74) is 0.445. The van der Waals surface area contributed by atoms with Crippen molar-refractivity contribution in [2.45, 2.75) is 19.6 Å². The lowest BCUT2D eigenvalue weighted by molar-refractivity contribution is -0.146. The number of aryl methyl sites for hydroxylation is 1. The smallest absolute Gasteiger partial charge is 0.334 e. The Bertz CT molecular complexity index is 386. The van der Waals surface area contributed by atoms with Gasteiger partial charge in [-0.3, -0.25) is 4.79 Å². The van der Waals surface area contributed by atoms with E-state index in [1.807, 2.05) is 6.92 Å². The van der Waals surface area contributed by atoms with E-state index in [9.17, 15) is 9.59 Å². The van der Waals surface area contributed by atoms with Gasteiger partial charge in [-0.25, -0.2) is 4.79 Å². The van der Waals surface area contributed by atoms with Crippen LogP contribution in [0.4, 0.5) is 0 Å². The summed E-state index contributed by atoms with van der Waals surface area (Å²) >= 11 is 0. The fraction of sp³-hybridized carbons (Fsp3) is 0.400. The zero-order valence-electron chi connectivity index (χ0n) is 8.88. The molecule has 16 heavy (non-hydrogen) atoms. The molecule has 0 aliphatic carbocycles. The predicted octanol–water partition coefficient (Wildman–Crippen LogP) is -0.317. The van der Waals surface area contributed by atoms with Crippen LogP contribution < -0.4 is 5.32 Å². The van der Waals surface area contributed by atoms with Crippen LogP contribution in [0.15, 0.2) is 18.3 Å². The van der Waals surface area contributed by atoms with Crippen molar-refractivity contribution in [1.29, 1.82) is 0 Å². The lowest BCUT2D eigenvalue weighted by atomic mass is 10.3. The number of nitrogens with zero attached hydrogens (tertiary/aromatic N) is 1. The maximum absolute atomic E-state index is 11.6. The molecule has 1 rings (SSSR count). The SMILES string of the molecule is CCn1cccc1C(=O)NC[C@H](O)C(=O)O. The van der Waals surface area contributed by atoms with E-state index in [0.717, 1.165) is 0 Å². The summed E-state index contributed by atoms with van der Waals surface area (Å²) in [6.45, 7) is 2.24. The first-order chi connectivity index (χ1) is 7.56. The van der Waals surface area contributed by atoms with Crippen molar-refractivity contribution in [1.82, 2.24) is 9.88 Å². The predicted molar refractivity (Wildman–Crippen MR) is 56.1 cm³/mol. The third-order valence-electron chi connectivity index (χ3n) is 2.14. The number of carbonyl (C=O) groups excluding carboxylic acids is 1. The molecule has 0 radical (unpaired) electrons. The van der Waals surface area contributed by atoms with Gasteiger partial charge in [0, 0.05) is 12.7 Å². The molecule has 1 atom stereocenters. The van der Waals surface area contributed by atoms with Crippen molar-refractivity contribution < 1.29 is 19.8 Å². The Kier molecular flexibility index (Phi) is 4.07. The van der Waals surface area contributed by atoms with Crippen molar-refractivity contribution in [3.8, 4) is 0 Å². The molecule has 0 spiro atoms. The molecule has 0 aromatic carbocycles. The lowest BCUT2D eigenvalue weighted by Gasteiger charge is -2.09. The first-order valence-corrected chi connectivity index (χ1v) is 4.90. The van der Waals surface area contributed by atoms with E-state index in [1.54, 1.807) is 22.9 Å². The third kappa shape index (κ3) is 2.83. The van der Waals surface area contributed by atoms with E-state index in [0.29, 0.717) is 12.2 Å². The second-order valence-electron chi connectivity index (χ2n) is 3.24. The fourth-order valence-electron chi connectivity index (χ4n) is 1.26. The number of aliphatic hydroxyl groups is 1. The second-order valence-corrected chi connectivity index (χ2v) is 3.24. The summed E-state index contributed by atoms with van der Waals surface area (Å²) in [5.74, 6) is -1.75. The zero-order valence-corrected chi connectivity index (χ0v) is 8.88. The van der Waals surface area contributed by atoms with Crippen LogP contribution in [-0.2, 0) is 11.3 Å². The molecule has 3 N–H and O–H groups in total. The van der Waals surface area contributed by atoms with Crippen LogP contribution in [-0.4, -0.2) is 39.3 Å². The van der Waals surface area contributed by atoms with Gasteiger partial charge in [0.2, 0.25) is 0 Å². The van der Waals surface area contributed by atoms with Crippen LogP contribution in [0.25, 0.3) is 0 Å². The first kappa shape index (κ1) is 12.3. The molecule has 6 nitrogen and oxygen atoms in total. The van der Waals surface area contributed by atoms with Crippen molar-refractivity contribution in [3.05, 3.63) is 24.0 Å². The summed E-state index contributed by atoms with van der Waals surface area (Å²) in [5, 5.41) is 19.7. The van der Waals surface area contributed by atoms with Gasteiger partial charge in [0.05, 0.1) is 6.54 Å². The normalized spacial score (nSPS) is 12.1. The molecule has 0 unspecified atom stereocenters. The van der Waals surface area contributed by atoms with Crippen molar-refractivity contribution in [2.24, 2.45) is 0 Å². The Morgan fingerprint density at radius 1 is 1.56 bits per heavy atom. The molecule has 1 aromatic heterocycles. The molecule has 0 fully saturated rings. The molecule has 0 aliphatic rings. The molecule has 0 saturated carbocycles. The Morgan fingerprint density at radius 3 is 2.81 bits per heavy atom. The molecule has 6 heteroatoms. The minimum atomic E-state index is -1.58. The number of hydrogen-bond acceptors (Lipinski definition) is 3. The molecular formula is C10H14N2O4. The highest BCUT2D eigenvalue weighted by atomic mass is 16.4. The zero-order chi connectivity index (χ0) is 12.1. The minimum Gasteiger partial charge on any atom is -0.479 e. The number of aromatic nitrogens is 1. The summed E-state index contributed by atoms with van der Waals surface area (Å²) in [6.07, 6.45) is 0.178. The number of carbonyl (C=O) groups is 2. The average Bonchev–Trinajstić information content (AvgIpc) is 2.73. The highest BCUT2D eigenvalue weighted by molar-refractivity contribution is 5.93. The Hall–Kier alpha value is -1.82. The Labute approximate surface area is 92.5 Å². The number of amides is 1. The largest absolute Gasteiger partial charge is 0.479 e. The number of carboxylic acids is 1. The van der Waals surface area contributed by atoms with Crippen molar-refractivity contribution >= 4 is 11.9 Å². The minimum absolute atomic E-state index is 0.303.